The molecule has 0 nitrogen and oxygen atoms in total. The van der Waals surface area contributed by atoms with Crippen LogP contribution in [0.3, 0.4) is 0 Å². The molecule has 1 aliphatic carbocycles. The highest BCUT2D eigenvalue weighted by atomic mass is 14.1. The number of hydrogen-bond donors (Lipinski definition) is 0. The Kier molecular flexibility index (Phi) is 2.82. The minimum absolute atomic E-state index is 0.958. The quantitative estimate of drug-likeness (QED) is 0.495. The molecule has 1 aliphatic rings. The SMILES string of the molecule is C[CH]CC1CC=CCC1. The summed E-state index contributed by atoms with van der Waals surface area (Å²) >= 11 is 0. The molecule has 0 aliphatic heterocycles. The maximum absolute atomic E-state index is 2.32. The molecule has 0 spiro atoms. The van der Waals surface area contributed by atoms with Crippen molar-refractivity contribution in [1.29, 1.82) is 0 Å². The molecule has 0 heteroatoms. The van der Waals surface area contributed by atoms with Gasteiger partial charge in [-0.15, -0.1) is 0 Å². The van der Waals surface area contributed by atoms with Crippen LogP contribution in [-0.4, -0.2) is 0 Å². The molecule has 1 unspecified atom stereocenters. The van der Waals surface area contributed by atoms with Gasteiger partial charge in [-0.1, -0.05) is 19.1 Å². The Hall–Kier alpha value is -0.260. The van der Waals surface area contributed by atoms with Gasteiger partial charge in [0.1, 0.15) is 0 Å². The van der Waals surface area contributed by atoms with E-state index in [-0.39, 0.29) is 0 Å². The molecule has 0 saturated carbocycles. The standard InChI is InChI=1S/C9H15/c1-2-6-9-7-4-3-5-8-9/h2-4,9H,5-8H2,1H3. The highest BCUT2D eigenvalue weighted by Crippen LogP contribution is 2.21. The van der Waals surface area contributed by atoms with Gasteiger partial charge in [0.25, 0.3) is 0 Å². The van der Waals surface area contributed by atoms with Crippen molar-refractivity contribution in [3.63, 3.8) is 0 Å². The van der Waals surface area contributed by atoms with E-state index in [1.165, 1.54) is 25.7 Å². The zero-order chi connectivity index (χ0) is 6.53. The highest BCUT2D eigenvalue weighted by Gasteiger charge is 2.06. The summed E-state index contributed by atoms with van der Waals surface area (Å²) in [6, 6.07) is 0. The van der Waals surface area contributed by atoms with E-state index < -0.39 is 0 Å². The van der Waals surface area contributed by atoms with Gasteiger partial charge in [-0.2, -0.15) is 0 Å². The second kappa shape index (κ2) is 3.71. The van der Waals surface area contributed by atoms with Gasteiger partial charge in [-0.3, -0.25) is 0 Å². The van der Waals surface area contributed by atoms with Crippen molar-refractivity contribution in [2.45, 2.75) is 32.6 Å². The van der Waals surface area contributed by atoms with Crippen LogP contribution in [0.4, 0.5) is 0 Å². The van der Waals surface area contributed by atoms with Gasteiger partial charge in [0.15, 0.2) is 0 Å². The summed E-state index contributed by atoms with van der Waals surface area (Å²) < 4.78 is 0. The third-order valence-electron chi connectivity index (χ3n) is 1.95. The van der Waals surface area contributed by atoms with Gasteiger partial charge in [0.05, 0.1) is 0 Å². The second-order valence-corrected chi connectivity index (χ2v) is 2.79. The van der Waals surface area contributed by atoms with Crippen molar-refractivity contribution < 1.29 is 0 Å². The number of hydrogen-bond acceptors (Lipinski definition) is 0. The molecule has 1 radical (unpaired) electrons. The van der Waals surface area contributed by atoms with Crippen LogP contribution in [0.15, 0.2) is 12.2 Å². The van der Waals surface area contributed by atoms with Gasteiger partial charge in [-0.05, 0) is 38.0 Å². The topological polar surface area (TPSA) is 0 Å². The maximum atomic E-state index is 2.32. The van der Waals surface area contributed by atoms with Crippen molar-refractivity contribution in [3.8, 4) is 0 Å². The van der Waals surface area contributed by atoms with Gasteiger partial charge in [-0.25, -0.2) is 0 Å². The van der Waals surface area contributed by atoms with Gasteiger partial charge < -0.3 is 0 Å². The fourth-order valence-corrected chi connectivity index (χ4v) is 1.40. The normalized spacial score (nSPS) is 26.6. The molecule has 0 heterocycles. The number of allylic oxidation sites excluding steroid dienone is 2. The summed E-state index contributed by atoms with van der Waals surface area (Å²) in [6.07, 6.45) is 12.2. The predicted octanol–water partition coefficient (Wildman–Crippen LogP) is 2.96. The number of rotatable bonds is 2. The van der Waals surface area contributed by atoms with Crippen LogP contribution < -0.4 is 0 Å². The Labute approximate surface area is 58.0 Å². The lowest BCUT2D eigenvalue weighted by Crippen LogP contribution is -2.01. The van der Waals surface area contributed by atoms with E-state index >= 15 is 0 Å². The Bertz CT molecular complexity index is 92.2. The zero-order valence-corrected chi connectivity index (χ0v) is 6.14. The third kappa shape index (κ3) is 2.21. The molecule has 1 atom stereocenters. The van der Waals surface area contributed by atoms with Crippen LogP contribution in [-0.2, 0) is 0 Å². The Morgan fingerprint density at radius 2 is 2.44 bits per heavy atom. The fourth-order valence-electron chi connectivity index (χ4n) is 1.40. The average Bonchev–Trinajstić information content (AvgIpc) is 1.91. The molecule has 0 aromatic heterocycles. The monoisotopic (exact) mass is 123 g/mol. The largest absolute Gasteiger partial charge is 0.0885 e. The van der Waals surface area contributed by atoms with Crippen LogP contribution in [0.2, 0.25) is 0 Å². The zero-order valence-electron chi connectivity index (χ0n) is 6.14. The first-order valence-electron chi connectivity index (χ1n) is 3.86. The molecule has 0 bridgehead atoms. The lowest BCUT2D eigenvalue weighted by molar-refractivity contribution is 0.473. The van der Waals surface area contributed by atoms with Crippen molar-refractivity contribution in [2.75, 3.05) is 0 Å². The minimum Gasteiger partial charge on any atom is -0.0885 e. The minimum atomic E-state index is 0.958. The van der Waals surface area contributed by atoms with Crippen molar-refractivity contribution in [1.82, 2.24) is 0 Å². The Morgan fingerprint density at radius 1 is 1.56 bits per heavy atom. The molecule has 0 amide bonds. The summed E-state index contributed by atoms with van der Waals surface area (Å²) in [7, 11) is 0. The Morgan fingerprint density at radius 3 is 3.00 bits per heavy atom. The van der Waals surface area contributed by atoms with Crippen molar-refractivity contribution in [3.05, 3.63) is 18.6 Å². The summed E-state index contributed by atoms with van der Waals surface area (Å²) in [5, 5.41) is 0. The fraction of sp³-hybridized carbons (Fsp3) is 0.667. The van der Waals surface area contributed by atoms with E-state index in [4.69, 9.17) is 0 Å². The van der Waals surface area contributed by atoms with Crippen LogP contribution >= 0.6 is 0 Å². The van der Waals surface area contributed by atoms with Crippen LogP contribution in [0.25, 0.3) is 0 Å². The Balaban J connectivity index is 2.18. The van der Waals surface area contributed by atoms with Gasteiger partial charge in [0.2, 0.25) is 0 Å². The van der Waals surface area contributed by atoms with Crippen LogP contribution in [0.1, 0.15) is 32.6 Å². The molecule has 0 aromatic rings. The molecule has 9 heavy (non-hydrogen) atoms. The van der Waals surface area contributed by atoms with Gasteiger partial charge in [0, 0.05) is 0 Å². The summed E-state index contributed by atoms with van der Waals surface area (Å²) in [5.74, 6) is 0.958. The second-order valence-electron chi connectivity index (χ2n) is 2.79. The van der Waals surface area contributed by atoms with E-state index in [9.17, 15) is 0 Å². The van der Waals surface area contributed by atoms with Gasteiger partial charge >= 0.3 is 0 Å². The molecule has 1 rings (SSSR count). The molecule has 0 saturated heterocycles. The summed E-state index contributed by atoms with van der Waals surface area (Å²) in [6.45, 7) is 2.15. The molecular weight excluding hydrogens is 108 g/mol. The predicted molar refractivity (Wildman–Crippen MR) is 41.1 cm³/mol. The van der Waals surface area contributed by atoms with Crippen LogP contribution in [0.5, 0.6) is 0 Å². The average molecular weight is 123 g/mol. The third-order valence-corrected chi connectivity index (χ3v) is 1.95. The maximum Gasteiger partial charge on any atom is -0.0322 e. The van der Waals surface area contributed by atoms with Crippen LogP contribution in [0, 0.1) is 12.3 Å². The molecule has 0 fully saturated rings. The first-order chi connectivity index (χ1) is 4.43. The lowest BCUT2D eigenvalue weighted by Gasteiger charge is -2.15. The van der Waals surface area contributed by atoms with E-state index in [2.05, 4.69) is 25.5 Å². The molecular formula is C9H15. The summed E-state index contributed by atoms with van der Waals surface area (Å²) in [5.41, 5.74) is 0. The molecule has 0 aromatic carbocycles. The van der Waals surface area contributed by atoms with Crippen molar-refractivity contribution >= 4 is 0 Å². The molecule has 0 N–H and O–H groups in total. The first-order valence-corrected chi connectivity index (χ1v) is 3.86. The van der Waals surface area contributed by atoms with E-state index in [1.54, 1.807) is 0 Å². The van der Waals surface area contributed by atoms with E-state index in [0.29, 0.717) is 0 Å². The van der Waals surface area contributed by atoms with E-state index in [1.807, 2.05) is 0 Å². The first kappa shape index (κ1) is 6.85. The molecule has 51 valence electrons. The highest BCUT2D eigenvalue weighted by molar-refractivity contribution is 4.90. The summed E-state index contributed by atoms with van der Waals surface area (Å²) in [4.78, 5) is 0. The smallest absolute Gasteiger partial charge is 0.0322 e. The van der Waals surface area contributed by atoms with E-state index in [0.717, 1.165) is 5.92 Å². The van der Waals surface area contributed by atoms with Crippen molar-refractivity contribution in [2.24, 2.45) is 5.92 Å². The lowest BCUT2D eigenvalue weighted by atomic mass is 9.91.